The Hall–Kier alpha value is -3.70. The molecular weight excluding hydrogens is 554 g/mol. The van der Waals surface area contributed by atoms with Gasteiger partial charge in [-0.1, -0.05) is 13.8 Å². The van der Waals surface area contributed by atoms with Gasteiger partial charge in [0.2, 0.25) is 18.4 Å². The van der Waals surface area contributed by atoms with E-state index in [0.29, 0.717) is 24.3 Å². The van der Waals surface area contributed by atoms with Crippen molar-refractivity contribution in [1.82, 2.24) is 15.5 Å². The second-order valence-electron chi connectivity index (χ2n) is 11.2. The van der Waals surface area contributed by atoms with Gasteiger partial charge in [-0.25, -0.2) is 0 Å². The summed E-state index contributed by atoms with van der Waals surface area (Å²) in [6.07, 6.45) is 2.14. The molecule has 0 saturated carbocycles. The lowest BCUT2D eigenvalue weighted by Crippen LogP contribution is -2.43. The molecule has 0 spiro atoms. The van der Waals surface area contributed by atoms with Crippen LogP contribution in [0.2, 0.25) is 0 Å². The molecule has 0 bridgehead atoms. The number of aromatic hydroxyl groups is 1. The maximum absolute atomic E-state index is 13.3. The van der Waals surface area contributed by atoms with E-state index in [1.165, 1.54) is 14.2 Å². The number of phenols is 1. The summed E-state index contributed by atoms with van der Waals surface area (Å²) in [6.45, 7) is 9.46. The maximum Gasteiger partial charge on any atom is 0.310 e. The van der Waals surface area contributed by atoms with Crippen LogP contribution >= 0.6 is 0 Å². The number of ether oxygens (including phenoxy) is 5. The van der Waals surface area contributed by atoms with Gasteiger partial charge in [-0.05, 0) is 86.5 Å². The van der Waals surface area contributed by atoms with Gasteiger partial charge in [-0.2, -0.15) is 0 Å². The van der Waals surface area contributed by atoms with E-state index in [1.54, 1.807) is 12.1 Å². The second kappa shape index (κ2) is 13.7. The van der Waals surface area contributed by atoms with Crippen LogP contribution in [0, 0.1) is 11.8 Å². The van der Waals surface area contributed by atoms with Crippen molar-refractivity contribution in [3.05, 3.63) is 41.0 Å². The van der Waals surface area contributed by atoms with Crippen molar-refractivity contribution in [1.29, 1.82) is 0 Å². The van der Waals surface area contributed by atoms with E-state index >= 15 is 0 Å². The largest absolute Gasteiger partial charge is 0.502 e. The summed E-state index contributed by atoms with van der Waals surface area (Å²) in [4.78, 5) is 29.0. The first kappa shape index (κ1) is 30.7. The van der Waals surface area contributed by atoms with Crippen LogP contribution in [0.3, 0.4) is 0 Å². The summed E-state index contributed by atoms with van der Waals surface area (Å²) < 4.78 is 27.9. The number of carbonyl (C=O) groups excluding carboxylic acids is 2. The van der Waals surface area contributed by atoms with E-state index < -0.39 is 17.9 Å². The molecule has 1 saturated heterocycles. The predicted molar refractivity (Wildman–Crippen MR) is 159 cm³/mol. The van der Waals surface area contributed by atoms with E-state index in [4.69, 9.17) is 23.7 Å². The Balaban J connectivity index is 1.37. The van der Waals surface area contributed by atoms with Gasteiger partial charge in [-0.3, -0.25) is 9.59 Å². The van der Waals surface area contributed by atoms with E-state index in [9.17, 15) is 14.7 Å². The number of amides is 1. The summed E-state index contributed by atoms with van der Waals surface area (Å²) in [7, 11) is 2.93. The number of hydrogen-bond acceptors (Lipinski definition) is 10. The Bertz CT molecular complexity index is 1290. The van der Waals surface area contributed by atoms with Crippen molar-refractivity contribution in [2.24, 2.45) is 11.8 Å². The number of carbonyl (C=O) groups is 2. The highest BCUT2D eigenvalue weighted by Crippen LogP contribution is 2.55. The Morgan fingerprint density at radius 3 is 2.28 bits per heavy atom. The number of rotatable bonds is 14. The number of methoxy groups -OCH3 is 2. The van der Waals surface area contributed by atoms with E-state index in [-0.39, 0.29) is 48.4 Å². The first-order valence-corrected chi connectivity index (χ1v) is 15.2. The van der Waals surface area contributed by atoms with Crippen LogP contribution in [0.25, 0.3) is 0 Å². The average molecular weight is 598 g/mol. The third kappa shape index (κ3) is 6.33. The van der Waals surface area contributed by atoms with E-state index in [1.807, 2.05) is 12.1 Å². The summed E-state index contributed by atoms with van der Waals surface area (Å²) in [5, 5.41) is 17.2. The van der Waals surface area contributed by atoms with Crippen molar-refractivity contribution in [3.63, 3.8) is 0 Å². The van der Waals surface area contributed by atoms with Crippen molar-refractivity contribution in [3.8, 4) is 28.7 Å². The smallest absolute Gasteiger partial charge is 0.310 e. The lowest BCUT2D eigenvalue weighted by atomic mass is 9.65. The van der Waals surface area contributed by atoms with Crippen LogP contribution in [-0.2, 0) is 14.3 Å². The first-order chi connectivity index (χ1) is 20.9. The molecule has 4 atom stereocenters. The molecule has 3 N–H and O–H groups in total. The number of fused-ring (bicyclic) bond motifs is 3. The van der Waals surface area contributed by atoms with Crippen LogP contribution in [0.15, 0.2) is 24.3 Å². The fraction of sp³-hybridized carbons (Fsp3) is 0.562. The number of benzene rings is 2. The zero-order valence-electron chi connectivity index (χ0n) is 25.4. The van der Waals surface area contributed by atoms with Gasteiger partial charge in [-0.15, -0.1) is 0 Å². The Labute approximate surface area is 252 Å². The Morgan fingerprint density at radius 1 is 0.977 bits per heavy atom. The quantitative estimate of drug-likeness (QED) is 0.220. The molecule has 1 aliphatic carbocycles. The molecule has 11 nitrogen and oxygen atoms in total. The lowest BCUT2D eigenvalue weighted by molar-refractivity contribution is -0.141. The highest BCUT2D eigenvalue weighted by Gasteiger charge is 2.53. The minimum absolute atomic E-state index is 0.0805. The number of esters is 1. The molecule has 43 heavy (non-hydrogen) atoms. The molecule has 3 aliphatic rings. The highest BCUT2D eigenvalue weighted by atomic mass is 16.7. The molecule has 5 rings (SSSR count). The summed E-state index contributed by atoms with van der Waals surface area (Å²) in [6, 6.07) is 6.77. The molecule has 0 radical (unpaired) electrons. The Morgan fingerprint density at radius 2 is 1.63 bits per heavy atom. The minimum Gasteiger partial charge on any atom is -0.502 e. The standard InChI is InChI=1S/C32H43N3O8/c1-5-35(6-2)12-8-11-33-10-7-9-27(36)34-30-21-16-24-23(42-18-43-24)15-20(21)28(29-22(30)17-41-32(29)38)19-13-25(39-3)31(37)26(14-19)40-4/h13-16,22,28-30,33,37H,5-12,17-18H2,1-4H3,(H,34,36). The SMILES string of the molecule is CCN(CC)CCCNCCCC(=O)NC1c2cc3c(cc2C(c2cc(OC)c(O)c(OC)c2)C2C(=O)OCC12)OCO3. The van der Waals surface area contributed by atoms with E-state index in [2.05, 4.69) is 29.4 Å². The first-order valence-electron chi connectivity index (χ1n) is 15.2. The fourth-order valence-electron chi connectivity index (χ4n) is 6.55. The van der Waals surface area contributed by atoms with Gasteiger partial charge in [0, 0.05) is 18.3 Å². The van der Waals surface area contributed by atoms with Crippen molar-refractivity contribution >= 4 is 11.9 Å². The molecule has 1 fully saturated rings. The number of nitrogens with zero attached hydrogens (tertiary/aromatic N) is 1. The number of hydrogen-bond donors (Lipinski definition) is 3. The molecule has 2 heterocycles. The molecule has 2 aromatic carbocycles. The Kier molecular flexibility index (Phi) is 9.82. The van der Waals surface area contributed by atoms with Crippen LogP contribution in [0.4, 0.5) is 0 Å². The third-order valence-corrected chi connectivity index (χ3v) is 8.84. The van der Waals surface area contributed by atoms with Gasteiger partial charge < -0.3 is 44.3 Å². The van der Waals surface area contributed by atoms with Crippen molar-refractivity contribution in [2.75, 3.05) is 60.3 Å². The fourth-order valence-corrected chi connectivity index (χ4v) is 6.55. The van der Waals surface area contributed by atoms with Crippen LogP contribution in [0.1, 0.15) is 61.8 Å². The topological polar surface area (TPSA) is 128 Å². The predicted octanol–water partition coefficient (Wildman–Crippen LogP) is 3.33. The van der Waals surface area contributed by atoms with Crippen LogP contribution in [-0.4, -0.2) is 82.2 Å². The lowest BCUT2D eigenvalue weighted by Gasteiger charge is -2.39. The van der Waals surface area contributed by atoms with Crippen LogP contribution < -0.4 is 29.6 Å². The van der Waals surface area contributed by atoms with Gasteiger partial charge in [0.05, 0.1) is 32.8 Å². The molecular formula is C32H43N3O8. The van der Waals surface area contributed by atoms with Crippen LogP contribution in [0.5, 0.6) is 28.7 Å². The maximum atomic E-state index is 13.3. The van der Waals surface area contributed by atoms with Gasteiger partial charge in [0.1, 0.15) is 0 Å². The number of cyclic esters (lactones) is 1. The number of phenolic OH excluding ortho intramolecular Hbond substituents is 1. The van der Waals surface area contributed by atoms with Crippen molar-refractivity contribution < 1.29 is 38.4 Å². The molecule has 2 aliphatic heterocycles. The second-order valence-corrected chi connectivity index (χ2v) is 11.2. The third-order valence-electron chi connectivity index (χ3n) is 8.84. The van der Waals surface area contributed by atoms with Gasteiger partial charge >= 0.3 is 5.97 Å². The van der Waals surface area contributed by atoms with E-state index in [0.717, 1.165) is 55.8 Å². The monoisotopic (exact) mass is 597 g/mol. The number of nitrogens with one attached hydrogen (secondary N) is 2. The van der Waals surface area contributed by atoms with Gasteiger partial charge in [0.25, 0.3) is 0 Å². The molecule has 1 amide bonds. The van der Waals surface area contributed by atoms with Gasteiger partial charge in [0.15, 0.2) is 23.0 Å². The summed E-state index contributed by atoms with van der Waals surface area (Å²) in [5.74, 6) is -0.249. The molecule has 234 valence electrons. The van der Waals surface area contributed by atoms with Crippen molar-refractivity contribution in [2.45, 2.75) is 45.1 Å². The molecule has 2 aromatic rings. The highest BCUT2D eigenvalue weighted by molar-refractivity contribution is 5.81. The minimum atomic E-state index is -0.579. The average Bonchev–Trinajstić information content (AvgIpc) is 3.64. The zero-order chi connectivity index (χ0) is 30.5. The summed E-state index contributed by atoms with van der Waals surface area (Å²) >= 11 is 0. The molecule has 0 aromatic heterocycles. The molecule has 4 unspecified atom stereocenters. The molecule has 11 heteroatoms. The normalized spacial score (nSPS) is 21.7. The summed E-state index contributed by atoms with van der Waals surface area (Å²) in [5.41, 5.74) is 2.39. The zero-order valence-corrected chi connectivity index (χ0v) is 25.4.